The zero-order chi connectivity index (χ0) is 15.9. The summed E-state index contributed by atoms with van der Waals surface area (Å²) in [5.74, 6) is -0.236. The molecule has 1 aromatic carbocycles. The predicted molar refractivity (Wildman–Crippen MR) is 82.6 cm³/mol. The number of ether oxygens (including phenoxy) is 2. The normalized spacial score (nSPS) is 18.1. The molecule has 0 aliphatic carbocycles. The third-order valence-electron chi connectivity index (χ3n) is 3.66. The van der Waals surface area contributed by atoms with Gasteiger partial charge >= 0.3 is 5.97 Å². The smallest absolute Gasteiger partial charge is 0.305 e. The number of esters is 1. The molecule has 1 aliphatic heterocycles. The van der Waals surface area contributed by atoms with E-state index in [9.17, 15) is 9.59 Å². The lowest BCUT2D eigenvalue weighted by molar-refractivity contribution is -0.141. The largest absolute Gasteiger partial charge is 0.469 e. The van der Waals surface area contributed by atoms with Crippen LogP contribution in [0.5, 0.6) is 0 Å². The number of amides is 1. The first-order valence-electron chi connectivity index (χ1n) is 7.32. The summed E-state index contributed by atoms with van der Waals surface area (Å²) in [6.07, 6.45) is 1.000. The van der Waals surface area contributed by atoms with Crippen molar-refractivity contribution in [3.8, 4) is 0 Å². The summed E-state index contributed by atoms with van der Waals surface area (Å²) < 4.78 is 10.3. The topological polar surface area (TPSA) is 55.8 Å². The van der Waals surface area contributed by atoms with Crippen LogP contribution in [0.2, 0.25) is 5.02 Å². The molecule has 1 amide bonds. The molecule has 0 spiro atoms. The summed E-state index contributed by atoms with van der Waals surface area (Å²) >= 11 is 5.88. The van der Waals surface area contributed by atoms with Crippen molar-refractivity contribution in [3.05, 3.63) is 34.9 Å². The monoisotopic (exact) mass is 325 g/mol. The van der Waals surface area contributed by atoms with Gasteiger partial charge in [-0.3, -0.25) is 9.59 Å². The lowest BCUT2D eigenvalue weighted by Gasteiger charge is -2.33. The molecular weight excluding hydrogens is 306 g/mol. The number of hydrogen-bond donors (Lipinski definition) is 0. The van der Waals surface area contributed by atoms with Gasteiger partial charge in [0.05, 0.1) is 20.3 Å². The number of methoxy groups -OCH3 is 1. The van der Waals surface area contributed by atoms with Crippen molar-refractivity contribution in [1.82, 2.24) is 4.90 Å². The van der Waals surface area contributed by atoms with E-state index < -0.39 is 0 Å². The fourth-order valence-corrected chi connectivity index (χ4v) is 2.53. The van der Waals surface area contributed by atoms with Gasteiger partial charge in [0.15, 0.2) is 0 Å². The average molecular weight is 326 g/mol. The first-order valence-corrected chi connectivity index (χ1v) is 7.69. The molecule has 1 saturated heterocycles. The SMILES string of the molecule is COC(=O)CCCC(=O)N1CCOC(c2ccc(Cl)cc2)C1. The summed E-state index contributed by atoms with van der Waals surface area (Å²) in [5.41, 5.74) is 1.01. The van der Waals surface area contributed by atoms with E-state index in [1.807, 2.05) is 24.3 Å². The second-order valence-electron chi connectivity index (χ2n) is 5.18. The fourth-order valence-electron chi connectivity index (χ4n) is 2.40. The van der Waals surface area contributed by atoms with E-state index in [-0.39, 0.29) is 24.4 Å². The van der Waals surface area contributed by atoms with Crippen molar-refractivity contribution < 1.29 is 19.1 Å². The van der Waals surface area contributed by atoms with Crippen molar-refractivity contribution in [2.75, 3.05) is 26.8 Å². The number of rotatable bonds is 5. The van der Waals surface area contributed by atoms with Crippen LogP contribution >= 0.6 is 11.6 Å². The van der Waals surface area contributed by atoms with Crippen LogP contribution in [-0.4, -0.2) is 43.6 Å². The summed E-state index contributed by atoms with van der Waals surface area (Å²) in [6, 6.07) is 7.46. The van der Waals surface area contributed by atoms with Gasteiger partial charge in [0, 0.05) is 24.4 Å². The fraction of sp³-hybridized carbons (Fsp3) is 0.500. The zero-order valence-corrected chi connectivity index (χ0v) is 13.3. The molecule has 1 heterocycles. The number of hydrogen-bond acceptors (Lipinski definition) is 4. The Morgan fingerprint density at radius 3 is 2.73 bits per heavy atom. The van der Waals surface area contributed by atoms with E-state index in [0.29, 0.717) is 37.6 Å². The molecule has 0 aromatic heterocycles. The second-order valence-corrected chi connectivity index (χ2v) is 5.62. The lowest BCUT2D eigenvalue weighted by Crippen LogP contribution is -2.42. The van der Waals surface area contributed by atoms with Gasteiger partial charge in [-0.15, -0.1) is 0 Å². The lowest BCUT2D eigenvalue weighted by atomic mass is 10.1. The Labute approximate surface area is 135 Å². The van der Waals surface area contributed by atoms with E-state index in [4.69, 9.17) is 16.3 Å². The van der Waals surface area contributed by atoms with Crippen LogP contribution in [-0.2, 0) is 19.1 Å². The molecule has 1 fully saturated rings. The third kappa shape index (κ3) is 4.71. The van der Waals surface area contributed by atoms with Crippen LogP contribution in [0.25, 0.3) is 0 Å². The first kappa shape index (κ1) is 16.8. The van der Waals surface area contributed by atoms with E-state index in [0.717, 1.165) is 5.56 Å². The van der Waals surface area contributed by atoms with Crippen molar-refractivity contribution in [2.24, 2.45) is 0 Å². The highest BCUT2D eigenvalue weighted by Crippen LogP contribution is 2.24. The molecule has 0 N–H and O–H groups in total. The number of carbonyl (C=O) groups excluding carboxylic acids is 2. The molecule has 22 heavy (non-hydrogen) atoms. The maximum Gasteiger partial charge on any atom is 0.305 e. The minimum absolute atomic E-state index is 0.0474. The van der Waals surface area contributed by atoms with Crippen LogP contribution in [0.15, 0.2) is 24.3 Å². The molecule has 2 rings (SSSR count). The summed E-state index contributed by atoms with van der Waals surface area (Å²) in [4.78, 5) is 25.0. The number of nitrogens with zero attached hydrogens (tertiary/aromatic N) is 1. The molecular formula is C16H20ClNO4. The number of morpholine rings is 1. The van der Waals surface area contributed by atoms with E-state index in [2.05, 4.69) is 4.74 Å². The minimum atomic E-state index is -0.284. The molecule has 1 unspecified atom stereocenters. The average Bonchev–Trinajstić information content (AvgIpc) is 2.55. The van der Waals surface area contributed by atoms with Gasteiger partial charge in [-0.2, -0.15) is 0 Å². The number of benzene rings is 1. The summed E-state index contributed by atoms with van der Waals surface area (Å²) in [7, 11) is 1.35. The molecule has 1 aromatic rings. The molecule has 5 nitrogen and oxygen atoms in total. The van der Waals surface area contributed by atoms with Crippen LogP contribution in [0.4, 0.5) is 0 Å². The van der Waals surface area contributed by atoms with Crippen LogP contribution in [0, 0.1) is 0 Å². The summed E-state index contributed by atoms with van der Waals surface area (Å²) in [5, 5.41) is 0.676. The second kappa shape index (κ2) is 8.15. The van der Waals surface area contributed by atoms with Crippen LogP contribution in [0.1, 0.15) is 30.9 Å². The Balaban J connectivity index is 1.85. The highest BCUT2D eigenvalue weighted by Gasteiger charge is 2.25. The van der Waals surface area contributed by atoms with E-state index >= 15 is 0 Å². The number of carbonyl (C=O) groups is 2. The zero-order valence-electron chi connectivity index (χ0n) is 12.6. The van der Waals surface area contributed by atoms with Gasteiger partial charge < -0.3 is 14.4 Å². The maximum atomic E-state index is 12.2. The van der Waals surface area contributed by atoms with Gasteiger partial charge in [-0.1, -0.05) is 23.7 Å². The van der Waals surface area contributed by atoms with Gasteiger partial charge in [-0.25, -0.2) is 0 Å². The molecule has 1 atom stereocenters. The van der Waals surface area contributed by atoms with E-state index in [1.165, 1.54) is 7.11 Å². The Morgan fingerprint density at radius 1 is 1.32 bits per heavy atom. The molecule has 0 radical (unpaired) electrons. The Hall–Kier alpha value is -1.59. The van der Waals surface area contributed by atoms with Gasteiger partial charge in [0.2, 0.25) is 5.91 Å². The Bertz CT molecular complexity index is 517. The number of halogens is 1. The maximum absolute atomic E-state index is 12.2. The quantitative estimate of drug-likeness (QED) is 0.781. The summed E-state index contributed by atoms with van der Waals surface area (Å²) in [6.45, 7) is 1.62. The van der Waals surface area contributed by atoms with Crippen molar-refractivity contribution in [1.29, 1.82) is 0 Å². The van der Waals surface area contributed by atoms with E-state index in [1.54, 1.807) is 4.90 Å². The van der Waals surface area contributed by atoms with Crippen molar-refractivity contribution >= 4 is 23.5 Å². The Morgan fingerprint density at radius 2 is 2.05 bits per heavy atom. The minimum Gasteiger partial charge on any atom is -0.469 e. The highest BCUT2D eigenvalue weighted by molar-refractivity contribution is 6.30. The van der Waals surface area contributed by atoms with Gasteiger partial charge in [0.1, 0.15) is 6.10 Å². The third-order valence-corrected chi connectivity index (χ3v) is 3.91. The highest BCUT2D eigenvalue weighted by atomic mass is 35.5. The molecule has 0 saturated carbocycles. The molecule has 0 bridgehead atoms. The van der Waals surface area contributed by atoms with Crippen molar-refractivity contribution in [3.63, 3.8) is 0 Å². The van der Waals surface area contributed by atoms with Crippen molar-refractivity contribution in [2.45, 2.75) is 25.4 Å². The molecule has 6 heteroatoms. The van der Waals surface area contributed by atoms with Gasteiger partial charge in [-0.05, 0) is 24.1 Å². The van der Waals surface area contributed by atoms with Crippen LogP contribution in [0.3, 0.4) is 0 Å². The molecule has 1 aliphatic rings. The Kier molecular flexibility index (Phi) is 6.21. The molecule has 120 valence electrons. The predicted octanol–water partition coefficient (Wildman–Crippen LogP) is 2.58. The van der Waals surface area contributed by atoms with Crippen LogP contribution < -0.4 is 0 Å². The standard InChI is InChI=1S/C16H20ClNO4/c1-21-16(20)4-2-3-15(19)18-9-10-22-14(11-18)12-5-7-13(17)8-6-12/h5-8,14H,2-4,9-11H2,1H3. The first-order chi connectivity index (χ1) is 10.6. The van der Waals surface area contributed by atoms with Gasteiger partial charge in [0.25, 0.3) is 0 Å².